The zero-order valence-electron chi connectivity index (χ0n) is 4.30. The van der Waals surface area contributed by atoms with Crippen LogP contribution in [0.15, 0.2) is 15.7 Å². The third-order valence-corrected chi connectivity index (χ3v) is 2.56. The van der Waals surface area contributed by atoms with E-state index in [1.165, 1.54) is 0 Å². The van der Waals surface area contributed by atoms with Crippen LogP contribution in [0.2, 0.25) is 0 Å². The first-order valence-corrected chi connectivity index (χ1v) is 3.80. The van der Waals surface area contributed by atoms with E-state index in [4.69, 9.17) is 24.4 Å². The summed E-state index contributed by atoms with van der Waals surface area (Å²) in [7, 11) is 0. The smallest absolute Gasteiger partial charge is 0.0752 e. The number of hydrogen-bond acceptors (Lipinski definition) is 3. The molecule has 0 aliphatic carbocycles. The third kappa shape index (κ3) is 1.50. The largest absolute Gasteiger partial charge is 0.262 e. The van der Waals surface area contributed by atoms with Gasteiger partial charge in [0, 0.05) is 12.4 Å². The summed E-state index contributed by atoms with van der Waals surface area (Å²) in [4.78, 5) is 5.12. The van der Waals surface area contributed by atoms with Crippen molar-refractivity contribution in [3.63, 3.8) is 0 Å². The van der Waals surface area contributed by atoms with Gasteiger partial charge in [-0.05, 0) is 15.9 Å². The van der Waals surface area contributed by atoms with Gasteiger partial charge in [0.15, 0.2) is 0 Å². The molecule has 0 unspecified atom stereocenters. The molecule has 0 amide bonds. The highest BCUT2D eigenvalue weighted by molar-refractivity contribution is 9.12. The lowest BCUT2D eigenvalue weighted by molar-refractivity contribution is 1.61. The van der Waals surface area contributed by atoms with Crippen LogP contribution < -0.4 is 0 Å². The Morgan fingerprint density at radius 2 is 2.11 bits per heavy atom. The van der Waals surface area contributed by atoms with E-state index in [2.05, 4.69) is 20.9 Å². The summed E-state index contributed by atoms with van der Waals surface area (Å²) >= 11 is 13.0. The van der Waals surface area contributed by atoms with E-state index in [0.29, 0.717) is 9.73 Å². The summed E-state index contributed by atoms with van der Waals surface area (Å²) < 4.78 is 0.796. The van der Waals surface area contributed by atoms with Gasteiger partial charge in [-0.15, -0.1) is 0 Å². The van der Waals surface area contributed by atoms with E-state index in [1.807, 2.05) is 0 Å². The number of rotatable bonds is 0. The van der Waals surface area contributed by atoms with Crippen molar-refractivity contribution in [2.75, 3.05) is 0 Å². The van der Waals surface area contributed by atoms with E-state index in [9.17, 15) is 0 Å². The van der Waals surface area contributed by atoms with Crippen LogP contribution in [0.25, 0.3) is 0 Å². The first-order chi connectivity index (χ1) is 4.22. The summed E-state index contributed by atoms with van der Waals surface area (Å²) in [6.07, 6.45) is 3.21. The highest BCUT2D eigenvalue weighted by atomic mass is 79.9. The second kappa shape index (κ2) is 2.77. The number of allylic oxidation sites excluding steroid dienone is 1. The van der Waals surface area contributed by atoms with Gasteiger partial charge in [0.2, 0.25) is 0 Å². The molecule has 0 aromatic rings. The minimum Gasteiger partial charge on any atom is -0.262 e. The van der Waals surface area contributed by atoms with Crippen LogP contribution in [0.3, 0.4) is 0 Å². The molecule has 0 aromatic heterocycles. The maximum absolute atomic E-state index is 4.90. The van der Waals surface area contributed by atoms with Crippen LogP contribution >= 0.6 is 40.4 Å². The van der Waals surface area contributed by atoms with Crippen molar-refractivity contribution in [1.29, 1.82) is 0 Å². The topological polar surface area (TPSA) is 12.4 Å². The standard InChI is InChI=1S/C5H2BrNS2/c6-3-1-7-2-4(8)5(3)9/h1-2H. The Morgan fingerprint density at radius 3 is 2.56 bits per heavy atom. The monoisotopic (exact) mass is 219 g/mol. The number of thiocarbonyl (C=S) groups is 2. The van der Waals surface area contributed by atoms with E-state index in [0.717, 1.165) is 4.48 Å². The average molecular weight is 220 g/mol. The zero-order chi connectivity index (χ0) is 6.85. The molecule has 0 fully saturated rings. The molecule has 4 heteroatoms. The number of aliphatic imine (C=N–C) groups is 1. The Kier molecular flexibility index (Phi) is 2.21. The van der Waals surface area contributed by atoms with Crippen molar-refractivity contribution < 1.29 is 0 Å². The van der Waals surface area contributed by atoms with Crippen LogP contribution in [-0.4, -0.2) is 15.9 Å². The molecule has 0 aromatic carbocycles. The second-order valence-electron chi connectivity index (χ2n) is 1.45. The predicted octanol–water partition coefficient (Wildman–Crippen LogP) is 2.05. The summed E-state index contributed by atoms with van der Waals surface area (Å²) in [5.41, 5.74) is 0. The van der Waals surface area contributed by atoms with Gasteiger partial charge in [0.25, 0.3) is 0 Å². The minimum absolute atomic E-state index is 0.624. The second-order valence-corrected chi connectivity index (χ2v) is 3.15. The van der Waals surface area contributed by atoms with Gasteiger partial charge in [-0.1, -0.05) is 24.4 Å². The van der Waals surface area contributed by atoms with Crippen LogP contribution in [0.5, 0.6) is 0 Å². The highest BCUT2D eigenvalue weighted by Crippen LogP contribution is 2.12. The fourth-order valence-electron chi connectivity index (χ4n) is 0.405. The normalized spacial score (nSPS) is 18.1. The molecule has 1 nitrogen and oxygen atoms in total. The molecule has 0 bridgehead atoms. The molecule has 0 saturated carbocycles. The number of halogens is 1. The lowest BCUT2D eigenvalue weighted by atomic mass is 10.3. The van der Waals surface area contributed by atoms with Gasteiger partial charge in [-0.2, -0.15) is 0 Å². The van der Waals surface area contributed by atoms with Gasteiger partial charge in [0.1, 0.15) is 0 Å². The van der Waals surface area contributed by atoms with Gasteiger partial charge >= 0.3 is 0 Å². The molecule has 1 aliphatic heterocycles. The third-order valence-electron chi connectivity index (χ3n) is 0.820. The highest BCUT2D eigenvalue weighted by Gasteiger charge is 2.08. The van der Waals surface area contributed by atoms with Gasteiger partial charge < -0.3 is 0 Å². The van der Waals surface area contributed by atoms with E-state index < -0.39 is 0 Å². The fraction of sp³-hybridized carbons (Fsp3) is 0. The minimum atomic E-state index is 0.624. The number of nitrogens with zero attached hydrogens (tertiary/aromatic N) is 1. The van der Waals surface area contributed by atoms with Gasteiger partial charge in [-0.3, -0.25) is 4.99 Å². The van der Waals surface area contributed by atoms with E-state index in [-0.39, 0.29) is 0 Å². The van der Waals surface area contributed by atoms with Crippen LogP contribution in [0, 0.1) is 0 Å². The summed E-state index contributed by atoms with van der Waals surface area (Å²) in [5, 5.41) is 0. The van der Waals surface area contributed by atoms with Crippen LogP contribution in [-0.2, 0) is 0 Å². The molecule has 0 N–H and O–H groups in total. The van der Waals surface area contributed by atoms with E-state index in [1.54, 1.807) is 12.4 Å². The molecule has 46 valence electrons. The quantitative estimate of drug-likeness (QED) is 0.579. The van der Waals surface area contributed by atoms with Gasteiger partial charge in [0.05, 0.1) is 14.2 Å². The molecule has 1 rings (SSSR count). The predicted molar refractivity (Wildman–Crippen MR) is 50.7 cm³/mol. The molecule has 1 aliphatic rings. The Bertz CT molecular complexity index is 229. The molecule has 9 heavy (non-hydrogen) atoms. The fourth-order valence-corrected chi connectivity index (χ4v) is 1.14. The lowest BCUT2D eigenvalue weighted by Gasteiger charge is -2.01. The molecule has 0 radical (unpaired) electrons. The number of hydrogen-bond donors (Lipinski definition) is 0. The van der Waals surface area contributed by atoms with Crippen molar-refractivity contribution >= 4 is 56.3 Å². The average Bonchev–Trinajstić information content (AvgIpc) is 1.83. The molecular formula is C5H2BrNS2. The Hall–Kier alpha value is 0.0700. The maximum Gasteiger partial charge on any atom is 0.0752 e. The van der Waals surface area contributed by atoms with Crippen LogP contribution in [0.1, 0.15) is 0 Å². The lowest BCUT2D eigenvalue weighted by Crippen LogP contribution is -2.12. The zero-order valence-corrected chi connectivity index (χ0v) is 7.52. The van der Waals surface area contributed by atoms with Crippen LogP contribution in [0.4, 0.5) is 0 Å². The molecule has 0 saturated heterocycles. The molecule has 1 heterocycles. The summed E-state index contributed by atoms with van der Waals surface area (Å²) in [6.45, 7) is 0. The van der Waals surface area contributed by atoms with Crippen molar-refractivity contribution in [3.05, 3.63) is 10.7 Å². The molecule has 0 atom stereocenters. The molecular weight excluding hydrogens is 218 g/mol. The Balaban J connectivity index is 3.00. The van der Waals surface area contributed by atoms with Crippen molar-refractivity contribution in [1.82, 2.24) is 0 Å². The maximum atomic E-state index is 4.90. The van der Waals surface area contributed by atoms with Crippen molar-refractivity contribution in [2.24, 2.45) is 4.99 Å². The van der Waals surface area contributed by atoms with E-state index >= 15 is 0 Å². The Morgan fingerprint density at radius 1 is 1.44 bits per heavy atom. The Labute approximate surface area is 72.0 Å². The molecule has 0 spiro atoms. The first-order valence-electron chi connectivity index (χ1n) is 2.19. The first kappa shape index (κ1) is 7.18. The summed E-state index contributed by atoms with van der Waals surface area (Å²) in [5.74, 6) is 0. The SMILES string of the molecule is S=C1C=NC=C(Br)C1=S. The summed E-state index contributed by atoms with van der Waals surface area (Å²) in [6, 6.07) is 0. The van der Waals surface area contributed by atoms with Gasteiger partial charge in [-0.25, -0.2) is 0 Å². The van der Waals surface area contributed by atoms with Crippen molar-refractivity contribution in [3.8, 4) is 0 Å². The van der Waals surface area contributed by atoms with Crippen molar-refractivity contribution in [2.45, 2.75) is 0 Å².